The first-order valence-corrected chi connectivity index (χ1v) is 7.54. The number of thiophene rings is 2. The Morgan fingerprint density at radius 3 is 2.12 bits per heavy atom. The normalized spacial score (nSPS) is 13.1. The number of nitrogens with one attached hydrogen (secondary N) is 1. The van der Waals surface area contributed by atoms with Gasteiger partial charge in [0, 0.05) is 15.8 Å². The van der Waals surface area contributed by atoms with E-state index < -0.39 is 0 Å². The van der Waals surface area contributed by atoms with Gasteiger partial charge in [-0.3, -0.25) is 5.32 Å². The summed E-state index contributed by atoms with van der Waals surface area (Å²) in [6.45, 7) is 2.28. The van der Waals surface area contributed by atoms with Crippen molar-refractivity contribution < 1.29 is 5.11 Å². The summed E-state index contributed by atoms with van der Waals surface area (Å²) in [5.74, 6) is 0. The van der Waals surface area contributed by atoms with Crippen molar-refractivity contribution in [3.8, 4) is 0 Å². The highest BCUT2D eigenvalue weighted by atomic mass is 32.1. The molecule has 92 valence electrons. The van der Waals surface area contributed by atoms with Gasteiger partial charge in [-0.05, 0) is 29.3 Å². The largest absolute Gasteiger partial charge is 0.395 e. The monoisotopic (exact) mass is 267 g/mol. The van der Waals surface area contributed by atoms with Crippen LogP contribution in [-0.4, -0.2) is 17.8 Å². The smallest absolute Gasteiger partial charge is 0.0767 e. The maximum absolute atomic E-state index is 9.31. The Hall–Kier alpha value is -0.680. The van der Waals surface area contributed by atoms with E-state index in [1.807, 2.05) is 0 Å². The summed E-state index contributed by atoms with van der Waals surface area (Å²) in [7, 11) is 0. The van der Waals surface area contributed by atoms with Crippen LogP contribution >= 0.6 is 22.7 Å². The van der Waals surface area contributed by atoms with E-state index in [1.54, 1.807) is 22.7 Å². The number of aliphatic hydroxyl groups excluding tert-OH is 1. The highest BCUT2D eigenvalue weighted by Gasteiger charge is 2.19. The summed E-state index contributed by atoms with van der Waals surface area (Å²) in [4.78, 5) is 2.61. The number of hydrogen-bond donors (Lipinski definition) is 2. The minimum atomic E-state index is 0.157. The van der Waals surface area contributed by atoms with Gasteiger partial charge in [0.2, 0.25) is 0 Å². The van der Waals surface area contributed by atoms with Gasteiger partial charge in [0.25, 0.3) is 0 Å². The first-order valence-electron chi connectivity index (χ1n) is 5.78. The molecule has 0 radical (unpaired) electrons. The quantitative estimate of drug-likeness (QED) is 0.842. The molecule has 0 aliphatic heterocycles. The Kier molecular flexibility index (Phi) is 4.74. The van der Waals surface area contributed by atoms with Gasteiger partial charge in [-0.2, -0.15) is 0 Å². The molecule has 2 heterocycles. The molecule has 0 aromatic carbocycles. The van der Waals surface area contributed by atoms with Crippen LogP contribution in [0.3, 0.4) is 0 Å². The van der Waals surface area contributed by atoms with E-state index >= 15 is 0 Å². The van der Waals surface area contributed by atoms with Gasteiger partial charge in [0.05, 0.1) is 12.6 Å². The van der Waals surface area contributed by atoms with E-state index in [2.05, 4.69) is 47.3 Å². The molecule has 0 unspecified atom stereocenters. The van der Waals surface area contributed by atoms with E-state index in [-0.39, 0.29) is 18.7 Å². The van der Waals surface area contributed by atoms with Crippen molar-refractivity contribution in [1.82, 2.24) is 5.32 Å². The predicted molar refractivity (Wildman–Crippen MR) is 74.8 cm³/mol. The molecule has 2 aromatic rings. The Balaban J connectivity index is 2.19. The summed E-state index contributed by atoms with van der Waals surface area (Å²) in [5.41, 5.74) is 0. The Morgan fingerprint density at radius 2 is 1.76 bits per heavy atom. The lowest BCUT2D eigenvalue weighted by atomic mass is 10.1. The second kappa shape index (κ2) is 6.31. The Labute approximate surface area is 110 Å². The number of hydrogen-bond acceptors (Lipinski definition) is 4. The lowest BCUT2D eigenvalue weighted by Gasteiger charge is -2.22. The van der Waals surface area contributed by atoms with Gasteiger partial charge in [-0.1, -0.05) is 19.1 Å². The Bertz CT molecular complexity index is 372. The van der Waals surface area contributed by atoms with Gasteiger partial charge >= 0.3 is 0 Å². The first kappa shape index (κ1) is 12.8. The minimum absolute atomic E-state index is 0.157. The van der Waals surface area contributed by atoms with Crippen LogP contribution in [0, 0.1) is 0 Å². The maximum atomic E-state index is 9.31. The zero-order valence-electron chi connectivity index (χ0n) is 9.80. The molecule has 0 aliphatic rings. The van der Waals surface area contributed by atoms with Gasteiger partial charge in [-0.15, -0.1) is 22.7 Å². The van der Waals surface area contributed by atoms with Crippen molar-refractivity contribution in [2.45, 2.75) is 25.4 Å². The molecule has 4 heteroatoms. The molecule has 0 fully saturated rings. The molecule has 0 saturated carbocycles. The fraction of sp³-hybridized carbons (Fsp3) is 0.385. The average molecular weight is 267 g/mol. The third-order valence-corrected chi connectivity index (χ3v) is 4.65. The molecule has 0 saturated heterocycles. The van der Waals surface area contributed by atoms with Crippen molar-refractivity contribution in [1.29, 1.82) is 0 Å². The van der Waals surface area contributed by atoms with E-state index in [1.165, 1.54) is 9.75 Å². The van der Waals surface area contributed by atoms with Crippen LogP contribution in [0.25, 0.3) is 0 Å². The standard InChI is InChI=1S/C13H17NOS2/c1-2-10(9-15)14-13(11-5-3-7-16-11)12-6-4-8-17-12/h3-8,10,13-15H,2,9H2,1H3/t10-/m0/s1. The predicted octanol–water partition coefficient (Wildman–Crippen LogP) is 3.26. The molecule has 0 aliphatic carbocycles. The SMILES string of the molecule is CC[C@@H](CO)NC(c1cccs1)c1cccs1. The van der Waals surface area contributed by atoms with Crippen LogP contribution in [0.1, 0.15) is 29.1 Å². The summed E-state index contributed by atoms with van der Waals surface area (Å²) in [6.07, 6.45) is 0.934. The molecule has 17 heavy (non-hydrogen) atoms. The van der Waals surface area contributed by atoms with Crippen LogP contribution in [0.5, 0.6) is 0 Å². The van der Waals surface area contributed by atoms with Crippen molar-refractivity contribution >= 4 is 22.7 Å². The Morgan fingerprint density at radius 1 is 1.18 bits per heavy atom. The summed E-state index contributed by atoms with van der Waals surface area (Å²) in [6, 6.07) is 8.80. The summed E-state index contributed by atoms with van der Waals surface area (Å²) in [5, 5.41) is 17.0. The summed E-state index contributed by atoms with van der Waals surface area (Å²) >= 11 is 3.51. The highest BCUT2D eigenvalue weighted by molar-refractivity contribution is 7.11. The molecule has 2 rings (SSSR count). The number of rotatable bonds is 6. The molecule has 2 nitrogen and oxygen atoms in total. The summed E-state index contributed by atoms with van der Waals surface area (Å²) < 4.78 is 0. The minimum Gasteiger partial charge on any atom is -0.395 e. The lowest BCUT2D eigenvalue weighted by Crippen LogP contribution is -2.35. The van der Waals surface area contributed by atoms with Crippen molar-refractivity contribution in [3.05, 3.63) is 44.8 Å². The number of aliphatic hydroxyl groups is 1. The van der Waals surface area contributed by atoms with Crippen molar-refractivity contribution in [2.75, 3.05) is 6.61 Å². The van der Waals surface area contributed by atoms with Crippen LogP contribution in [0.4, 0.5) is 0 Å². The molecular weight excluding hydrogens is 250 g/mol. The van der Waals surface area contributed by atoms with Crippen LogP contribution in [-0.2, 0) is 0 Å². The van der Waals surface area contributed by atoms with E-state index in [0.717, 1.165) is 6.42 Å². The van der Waals surface area contributed by atoms with Crippen molar-refractivity contribution in [3.63, 3.8) is 0 Å². The molecule has 2 aromatic heterocycles. The highest BCUT2D eigenvalue weighted by Crippen LogP contribution is 2.29. The second-order valence-electron chi connectivity index (χ2n) is 3.92. The third kappa shape index (κ3) is 3.16. The van der Waals surface area contributed by atoms with E-state index in [0.29, 0.717) is 0 Å². The van der Waals surface area contributed by atoms with Gasteiger partial charge in [0.1, 0.15) is 0 Å². The van der Waals surface area contributed by atoms with Crippen LogP contribution in [0.15, 0.2) is 35.0 Å². The molecule has 2 N–H and O–H groups in total. The zero-order chi connectivity index (χ0) is 12.1. The van der Waals surface area contributed by atoms with Gasteiger partial charge in [0.15, 0.2) is 0 Å². The fourth-order valence-electron chi connectivity index (χ4n) is 1.75. The fourth-order valence-corrected chi connectivity index (χ4v) is 3.43. The topological polar surface area (TPSA) is 32.3 Å². The molecule has 0 amide bonds. The van der Waals surface area contributed by atoms with Crippen LogP contribution < -0.4 is 5.32 Å². The zero-order valence-corrected chi connectivity index (χ0v) is 11.4. The van der Waals surface area contributed by atoms with Crippen LogP contribution in [0.2, 0.25) is 0 Å². The van der Waals surface area contributed by atoms with E-state index in [4.69, 9.17) is 0 Å². The molecule has 1 atom stereocenters. The maximum Gasteiger partial charge on any atom is 0.0767 e. The molecule has 0 bridgehead atoms. The lowest BCUT2D eigenvalue weighted by molar-refractivity contribution is 0.233. The molecule has 0 spiro atoms. The molecular formula is C13H17NOS2. The third-order valence-electron chi connectivity index (χ3n) is 2.77. The average Bonchev–Trinajstić information content (AvgIpc) is 3.03. The van der Waals surface area contributed by atoms with Crippen molar-refractivity contribution in [2.24, 2.45) is 0 Å². The second-order valence-corrected chi connectivity index (χ2v) is 5.88. The van der Waals surface area contributed by atoms with Gasteiger partial charge in [-0.25, -0.2) is 0 Å². The van der Waals surface area contributed by atoms with Gasteiger partial charge < -0.3 is 5.11 Å². The first-order chi connectivity index (χ1) is 8.35. The van der Waals surface area contributed by atoms with E-state index in [9.17, 15) is 5.11 Å².